The van der Waals surface area contributed by atoms with Gasteiger partial charge in [0.1, 0.15) is 5.82 Å². The molecule has 30 heavy (non-hydrogen) atoms. The van der Waals surface area contributed by atoms with Gasteiger partial charge in [-0.25, -0.2) is 4.98 Å². The molecule has 1 aliphatic rings. The standard InChI is InChI=1S/C25H29N3O2/c1-17(24-26-13-14-27-24)25(30)28-22-11-8-18(9-12-22)15-19-7-10-21(16-19)23(29)20-5-3-2-4-6-20/h2-6,8-9,11-14,17,19,21,23,29H,7,10,15-16H2,1H3,(H,26,27)(H,28,30)/t17?,19-,21-,23+/m0/s1. The molecular weight excluding hydrogens is 374 g/mol. The first-order valence-corrected chi connectivity index (χ1v) is 10.7. The van der Waals surface area contributed by atoms with E-state index in [0.29, 0.717) is 17.7 Å². The Hall–Kier alpha value is -2.92. The fraction of sp³-hybridized carbons (Fsp3) is 0.360. The zero-order valence-electron chi connectivity index (χ0n) is 17.3. The van der Waals surface area contributed by atoms with E-state index >= 15 is 0 Å². The first kappa shape index (κ1) is 20.4. The lowest BCUT2D eigenvalue weighted by molar-refractivity contribution is -0.117. The van der Waals surface area contributed by atoms with Crippen LogP contribution in [-0.2, 0) is 11.2 Å². The number of hydrogen-bond donors (Lipinski definition) is 3. The fourth-order valence-electron chi connectivity index (χ4n) is 4.45. The van der Waals surface area contributed by atoms with Crippen molar-refractivity contribution in [2.75, 3.05) is 5.32 Å². The number of nitrogens with one attached hydrogen (secondary N) is 2. The number of H-pyrrole nitrogens is 1. The van der Waals surface area contributed by atoms with Gasteiger partial charge in [-0.15, -0.1) is 0 Å². The molecule has 0 saturated heterocycles. The normalized spacial score (nSPS) is 20.6. The van der Waals surface area contributed by atoms with E-state index < -0.39 is 0 Å². The SMILES string of the molecule is CC(C(=O)Nc1ccc(C[C@@H]2CC[C@H]([C@H](O)c3ccccc3)C2)cc1)c1ncc[nH]1. The highest BCUT2D eigenvalue weighted by atomic mass is 16.3. The largest absolute Gasteiger partial charge is 0.388 e. The number of aromatic nitrogens is 2. The van der Waals surface area contributed by atoms with Crippen LogP contribution in [0.3, 0.4) is 0 Å². The molecule has 1 aliphatic carbocycles. The van der Waals surface area contributed by atoms with Gasteiger partial charge in [-0.2, -0.15) is 0 Å². The summed E-state index contributed by atoms with van der Waals surface area (Å²) in [5.41, 5.74) is 3.09. The maximum atomic E-state index is 12.4. The summed E-state index contributed by atoms with van der Waals surface area (Å²) in [4.78, 5) is 19.5. The number of rotatable bonds is 7. The molecule has 0 bridgehead atoms. The third kappa shape index (κ3) is 4.79. The Labute approximate surface area is 177 Å². The Kier molecular flexibility index (Phi) is 6.29. The number of aliphatic hydroxyl groups excluding tert-OH is 1. The van der Waals surface area contributed by atoms with Crippen molar-refractivity contribution in [3.05, 3.63) is 83.9 Å². The van der Waals surface area contributed by atoms with Crippen LogP contribution in [0.15, 0.2) is 67.0 Å². The van der Waals surface area contributed by atoms with Crippen LogP contribution in [0.5, 0.6) is 0 Å². The van der Waals surface area contributed by atoms with E-state index in [0.717, 1.165) is 36.9 Å². The minimum Gasteiger partial charge on any atom is -0.388 e. The minimum absolute atomic E-state index is 0.0776. The maximum absolute atomic E-state index is 12.4. The van der Waals surface area contributed by atoms with Gasteiger partial charge in [0.25, 0.3) is 0 Å². The Morgan fingerprint density at radius 1 is 1.17 bits per heavy atom. The van der Waals surface area contributed by atoms with Crippen LogP contribution >= 0.6 is 0 Å². The van der Waals surface area contributed by atoms with Gasteiger partial charge in [-0.3, -0.25) is 4.79 Å². The lowest BCUT2D eigenvalue weighted by Gasteiger charge is -2.19. The van der Waals surface area contributed by atoms with E-state index in [1.165, 1.54) is 5.56 Å². The van der Waals surface area contributed by atoms with Gasteiger partial charge in [0.05, 0.1) is 12.0 Å². The highest BCUT2D eigenvalue weighted by molar-refractivity contribution is 5.95. The summed E-state index contributed by atoms with van der Waals surface area (Å²) in [6, 6.07) is 18.1. The number of hydrogen-bond acceptors (Lipinski definition) is 3. The molecule has 1 aromatic heterocycles. The predicted octanol–water partition coefficient (Wildman–Crippen LogP) is 4.84. The van der Waals surface area contributed by atoms with E-state index in [2.05, 4.69) is 27.4 Å². The molecule has 0 spiro atoms. The highest BCUT2D eigenvalue weighted by Crippen LogP contribution is 2.40. The summed E-state index contributed by atoms with van der Waals surface area (Å²) < 4.78 is 0. The van der Waals surface area contributed by atoms with E-state index in [-0.39, 0.29) is 17.9 Å². The summed E-state index contributed by atoms with van der Waals surface area (Å²) >= 11 is 0. The summed E-state index contributed by atoms with van der Waals surface area (Å²) in [5.74, 6) is 1.18. The average molecular weight is 404 g/mol. The van der Waals surface area contributed by atoms with Crippen molar-refractivity contribution >= 4 is 11.6 Å². The molecule has 156 valence electrons. The number of imidazole rings is 1. The summed E-state index contributed by atoms with van der Waals surface area (Å²) in [5, 5.41) is 13.6. The zero-order valence-corrected chi connectivity index (χ0v) is 17.3. The van der Waals surface area contributed by atoms with E-state index in [1.54, 1.807) is 12.4 Å². The van der Waals surface area contributed by atoms with Crippen LogP contribution in [0.1, 0.15) is 55.2 Å². The Morgan fingerprint density at radius 3 is 2.63 bits per heavy atom. The molecule has 4 atom stereocenters. The third-order valence-corrected chi connectivity index (χ3v) is 6.24. The van der Waals surface area contributed by atoms with E-state index in [1.807, 2.05) is 49.4 Å². The van der Waals surface area contributed by atoms with Gasteiger partial charge in [0, 0.05) is 18.1 Å². The fourth-order valence-corrected chi connectivity index (χ4v) is 4.45. The molecular formula is C25H29N3O2. The average Bonchev–Trinajstić information content (AvgIpc) is 3.47. The first-order chi connectivity index (χ1) is 14.6. The molecule has 1 fully saturated rings. The summed E-state index contributed by atoms with van der Waals surface area (Å²) in [6.07, 6.45) is 7.28. The van der Waals surface area contributed by atoms with Crippen molar-refractivity contribution < 1.29 is 9.90 Å². The molecule has 0 aliphatic heterocycles. The van der Waals surface area contributed by atoms with Crippen molar-refractivity contribution in [1.29, 1.82) is 0 Å². The van der Waals surface area contributed by atoms with Gasteiger partial charge >= 0.3 is 0 Å². The molecule has 1 amide bonds. The third-order valence-electron chi connectivity index (χ3n) is 6.24. The number of aliphatic hydroxyl groups is 1. The number of benzene rings is 2. The molecule has 2 aromatic carbocycles. The summed E-state index contributed by atoms with van der Waals surface area (Å²) in [7, 11) is 0. The van der Waals surface area contributed by atoms with Crippen LogP contribution < -0.4 is 5.32 Å². The molecule has 1 heterocycles. The topological polar surface area (TPSA) is 78.0 Å². The lowest BCUT2D eigenvalue weighted by atomic mass is 9.91. The van der Waals surface area contributed by atoms with Crippen LogP contribution in [0.2, 0.25) is 0 Å². The second-order valence-electron chi connectivity index (χ2n) is 8.38. The van der Waals surface area contributed by atoms with Gasteiger partial charge < -0.3 is 15.4 Å². The van der Waals surface area contributed by atoms with Crippen molar-refractivity contribution in [3.63, 3.8) is 0 Å². The molecule has 0 radical (unpaired) electrons. The number of nitrogens with zero attached hydrogens (tertiary/aromatic N) is 1. The van der Waals surface area contributed by atoms with Gasteiger partial charge in [-0.1, -0.05) is 42.5 Å². The van der Waals surface area contributed by atoms with Gasteiger partial charge in [0.15, 0.2) is 0 Å². The van der Waals surface area contributed by atoms with Crippen LogP contribution in [0.4, 0.5) is 5.69 Å². The molecule has 4 rings (SSSR count). The predicted molar refractivity (Wildman–Crippen MR) is 118 cm³/mol. The first-order valence-electron chi connectivity index (χ1n) is 10.7. The molecule has 1 saturated carbocycles. The van der Waals surface area contributed by atoms with E-state index in [9.17, 15) is 9.90 Å². The minimum atomic E-state index is -0.370. The van der Waals surface area contributed by atoms with Crippen molar-refractivity contribution in [1.82, 2.24) is 9.97 Å². The number of amides is 1. The quantitative estimate of drug-likeness (QED) is 0.528. The second-order valence-corrected chi connectivity index (χ2v) is 8.38. The van der Waals surface area contributed by atoms with Crippen molar-refractivity contribution in [2.24, 2.45) is 11.8 Å². The van der Waals surface area contributed by atoms with Crippen LogP contribution in [0.25, 0.3) is 0 Å². The molecule has 1 unspecified atom stereocenters. The zero-order chi connectivity index (χ0) is 20.9. The maximum Gasteiger partial charge on any atom is 0.234 e. The van der Waals surface area contributed by atoms with Crippen LogP contribution in [-0.4, -0.2) is 21.0 Å². The molecule has 3 N–H and O–H groups in total. The number of carbonyl (C=O) groups is 1. The second kappa shape index (κ2) is 9.26. The lowest BCUT2D eigenvalue weighted by Crippen LogP contribution is -2.19. The van der Waals surface area contributed by atoms with Crippen LogP contribution in [0, 0.1) is 11.8 Å². The molecule has 5 heteroatoms. The van der Waals surface area contributed by atoms with E-state index in [4.69, 9.17) is 0 Å². The number of carbonyl (C=O) groups excluding carboxylic acids is 1. The summed E-state index contributed by atoms with van der Waals surface area (Å²) in [6.45, 7) is 1.84. The van der Waals surface area contributed by atoms with Crippen molar-refractivity contribution in [2.45, 2.75) is 44.6 Å². The Balaban J connectivity index is 1.29. The van der Waals surface area contributed by atoms with Gasteiger partial charge in [-0.05, 0) is 67.7 Å². The Morgan fingerprint density at radius 2 is 1.93 bits per heavy atom. The molecule has 3 aromatic rings. The Bertz CT molecular complexity index is 938. The van der Waals surface area contributed by atoms with Gasteiger partial charge in [0.2, 0.25) is 5.91 Å². The highest BCUT2D eigenvalue weighted by Gasteiger charge is 2.30. The smallest absolute Gasteiger partial charge is 0.234 e. The number of anilines is 1. The number of aromatic amines is 1. The molecule has 5 nitrogen and oxygen atoms in total. The van der Waals surface area contributed by atoms with Crippen molar-refractivity contribution in [3.8, 4) is 0 Å². The monoisotopic (exact) mass is 403 g/mol.